The molecule has 138 valence electrons. The highest BCUT2D eigenvalue weighted by Crippen LogP contribution is 2.26. The van der Waals surface area contributed by atoms with E-state index in [1.165, 1.54) is 30.6 Å². The van der Waals surface area contributed by atoms with Gasteiger partial charge in [-0.15, -0.1) is 6.58 Å². The van der Waals surface area contributed by atoms with Crippen LogP contribution in [-0.4, -0.2) is 27.4 Å². The summed E-state index contributed by atoms with van der Waals surface area (Å²) >= 11 is 0. The van der Waals surface area contributed by atoms with Crippen LogP contribution < -0.4 is 10.2 Å². The molecule has 1 aliphatic rings. The lowest BCUT2D eigenvalue weighted by Crippen LogP contribution is -2.54. The summed E-state index contributed by atoms with van der Waals surface area (Å²) < 4.78 is 1.98. The van der Waals surface area contributed by atoms with Gasteiger partial charge < -0.3 is 4.57 Å². The Kier molecular flexibility index (Phi) is 4.33. The molecule has 1 fully saturated rings. The minimum Gasteiger partial charge on any atom is -0.343 e. The number of rotatable bonds is 4. The van der Waals surface area contributed by atoms with Crippen molar-refractivity contribution in [2.45, 2.75) is 6.54 Å². The summed E-state index contributed by atoms with van der Waals surface area (Å²) in [6, 6.07) is 9.95. The molecule has 2 aromatic heterocycles. The van der Waals surface area contributed by atoms with Crippen molar-refractivity contribution in [1.82, 2.24) is 14.9 Å². The fourth-order valence-electron chi connectivity index (χ4n) is 3.22. The first-order valence-corrected chi connectivity index (χ1v) is 8.60. The van der Waals surface area contributed by atoms with Gasteiger partial charge in [0.1, 0.15) is 5.57 Å². The highest BCUT2D eigenvalue weighted by molar-refractivity contribution is 6.39. The summed E-state index contributed by atoms with van der Waals surface area (Å²) in [5.74, 6) is -1.40. The summed E-state index contributed by atoms with van der Waals surface area (Å²) in [5.41, 5.74) is 1.89. The Bertz CT molecular complexity index is 1140. The summed E-state index contributed by atoms with van der Waals surface area (Å²) in [5, 5.41) is 3.12. The predicted molar refractivity (Wildman–Crippen MR) is 105 cm³/mol. The quantitative estimate of drug-likeness (QED) is 0.434. The Morgan fingerprint density at radius 1 is 1.07 bits per heavy atom. The Balaban J connectivity index is 1.82. The number of benzene rings is 1. The normalized spacial score (nSPS) is 15.9. The zero-order chi connectivity index (χ0) is 19.7. The molecule has 0 aliphatic carbocycles. The van der Waals surface area contributed by atoms with Crippen LogP contribution >= 0.6 is 0 Å². The molecule has 1 aromatic carbocycles. The highest BCUT2D eigenvalue weighted by atomic mass is 16.2. The lowest BCUT2D eigenvalue weighted by molar-refractivity contribution is -0.122. The second-order valence-electron chi connectivity index (χ2n) is 6.21. The number of para-hydroxylation sites is 1. The second kappa shape index (κ2) is 6.96. The number of pyridine rings is 1. The molecule has 0 unspecified atom stereocenters. The fourth-order valence-corrected chi connectivity index (χ4v) is 3.22. The third-order valence-corrected chi connectivity index (χ3v) is 4.47. The van der Waals surface area contributed by atoms with Gasteiger partial charge in [-0.05, 0) is 24.3 Å². The number of urea groups is 1. The van der Waals surface area contributed by atoms with Crippen LogP contribution in [0.15, 0.2) is 73.2 Å². The molecule has 1 N–H and O–H groups in total. The van der Waals surface area contributed by atoms with Gasteiger partial charge in [0.25, 0.3) is 11.8 Å². The Labute approximate surface area is 160 Å². The maximum atomic E-state index is 13.0. The molecule has 7 nitrogen and oxygen atoms in total. The molecule has 0 radical (unpaired) electrons. The van der Waals surface area contributed by atoms with E-state index < -0.39 is 17.8 Å². The minimum atomic E-state index is -0.785. The van der Waals surface area contributed by atoms with Crippen molar-refractivity contribution in [2.24, 2.45) is 0 Å². The molecule has 28 heavy (non-hydrogen) atoms. The van der Waals surface area contributed by atoms with Crippen molar-refractivity contribution in [2.75, 3.05) is 4.90 Å². The number of barbiturate groups is 1. The van der Waals surface area contributed by atoms with E-state index in [4.69, 9.17) is 0 Å². The average Bonchev–Trinajstić information content (AvgIpc) is 3.04. The molecule has 3 aromatic rings. The first-order valence-electron chi connectivity index (χ1n) is 8.60. The zero-order valence-electron chi connectivity index (χ0n) is 14.8. The van der Waals surface area contributed by atoms with E-state index in [-0.39, 0.29) is 5.57 Å². The van der Waals surface area contributed by atoms with Crippen LogP contribution in [0.3, 0.4) is 0 Å². The number of aromatic nitrogens is 2. The monoisotopic (exact) mass is 372 g/mol. The molecule has 4 rings (SSSR count). The van der Waals surface area contributed by atoms with Crippen LogP contribution in [0.25, 0.3) is 17.0 Å². The largest absolute Gasteiger partial charge is 0.343 e. The van der Waals surface area contributed by atoms with E-state index in [0.29, 0.717) is 17.8 Å². The smallest absolute Gasteiger partial charge is 0.335 e. The Morgan fingerprint density at radius 3 is 2.57 bits per heavy atom. The molecule has 1 aliphatic heterocycles. The standard InChI is InChI=1S/C21H16N4O3/c1-2-11-24-13-14(16-5-3-4-6-18(16)24)12-17-19(26)23-21(28)25(20(17)27)15-7-9-22-10-8-15/h2-10,12-13H,1,11H2,(H,23,26,28)/b17-12+. The van der Waals surface area contributed by atoms with Crippen molar-refractivity contribution in [1.29, 1.82) is 0 Å². The van der Waals surface area contributed by atoms with Crippen LogP contribution in [0.2, 0.25) is 0 Å². The summed E-state index contributed by atoms with van der Waals surface area (Å²) in [6.45, 7) is 4.35. The van der Waals surface area contributed by atoms with Gasteiger partial charge in [0.05, 0.1) is 5.69 Å². The molecule has 0 saturated carbocycles. The number of anilines is 1. The number of carbonyl (C=O) groups is 3. The number of nitrogens with one attached hydrogen (secondary N) is 1. The molecule has 0 spiro atoms. The Hall–Kier alpha value is -4.00. The molecular weight excluding hydrogens is 356 g/mol. The highest BCUT2D eigenvalue weighted by Gasteiger charge is 2.36. The maximum absolute atomic E-state index is 13.0. The van der Waals surface area contributed by atoms with E-state index in [1.807, 2.05) is 35.0 Å². The van der Waals surface area contributed by atoms with Gasteiger partial charge in [0.2, 0.25) is 0 Å². The first kappa shape index (κ1) is 17.4. The van der Waals surface area contributed by atoms with Gasteiger partial charge in [-0.3, -0.25) is 19.9 Å². The summed E-state index contributed by atoms with van der Waals surface area (Å²) in [7, 11) is 0. The van der Waals surface area contributed by atoms with Gasteiger partial charge in [-0.2, -0.15) is 0 Å². The lowest BCUT2D eigenvalue weighted by Gasteiger charge is -2.26. The van der Waals surface area contributed by atoms with Gasteiger partial charge in [0.15, 0.2) is 0 Å². The molecule has 3 heterocycles. The summed E-state index contributed by atoms with van der Waals surface area (Å²) in [6.07, 6.45) is 8.08. The SMILES string of the molecule is C=CCn1cc(/C=C2\C(=O)NC(=O)N(c3ccncc3)C2=O)c2ccccc21. The van der Waals surface area contributed by atoms with E-state index in [0.717, 1.165) is 15.8 Å². The van der Waals surface area contributed by atoms with E-state index in [9.17, 15) is 14.4 Å². The van der Waals surface area contributed by atoms with Crippen molar-refractivity contribution in [3.05, 3.63) is 78.8 Å². The molecule has 7 heteroatoms. The zero-order valence-corrected chi connectivity index (χ0v) is 14.8. The first-order chi connectivity index (χ1) is 13.6. The topological polar surface area (TPSA) is 84.3 Å². The van der Waals surface area contributed by atoms with Crippen LogP contribution in [0.4, 0.5) is 10.5 Å². The number of nitrogens with zero attached hydrogens (tertiary/aromatic N) is 3. The number of carbonyl (C=O) groups excluding carboxylic acids is 3. The second-order valence-corrected chi connectivity index (χ2v) is 6.21. The van der Waals surface area contributed by atoms with Crippen molar-refractivity contribution in [3.63, 3.8) is 0 Å². The number of fused-ring (bicyclic) bond motifs is 1. The molecule has 1 saturated heterocycles. The van der Waals surface area contributed by atoms with Gasteiger partial charge >= 0.3 is 6.03 Å². The van der Waals surface area contributed by atoms with Gasteiger partial charge in [-0.1, -0.05) is 24.3 Å². The third kappa shape index (κ3) is 2.88. The van der Waals surface area contributed by atoms with E-state index >= 15 is 0 Å². The van der Waals surface area contributed by atoms with Crippen LogP contribution in [0.5, 0.6) is 0 Å². The van der Waals surface area contributed by atoms with E-state index in [2.05, 4.69) is 16.9 Å². The lowest BCUT2D eigenvalue weighted by atomic mass is 10.1. The Morgan fingerprint density at radius 2 is 1.82 bits per heavy atom. The number of imide groups is 2. The van der Waals surface area contributed by atoms with Gasteiger partial charge in [0, 0.05) is 41.6 Å². The molecule has 4 amide bonds. The van der Waals surface area contributed by atoms with Crippen LogP contribution in [0, 0.1) is 0 Å². The number of hydrogen-bond donors (Lipinski definition) is 1. The predicted octanol–water partition coefficient (Wildman–Crippen LogP) is 2.89. The summed E-state index contributed by atoms with van der Waals surface area (Å²) in [4.78, 5) is 42.4. The van der Waals surface area contributed by atoms with Crippen molar-refractivity contribution < 1.29 is 14.4 Å². The third-order valence-electron chi connectivity index (χ3n) is 4.47. The van der Waals surface area contributed by atoms with Crippen LogP contribution in [0.1, 0.15) is 5.56 Å². The average molecular weight is 372 g/mol. The number of amides is 4. The molecule has 0 bridgehead atoms. The minimum absolute atomic E-state index is 0.113. The van der Waals surface area contributed by atoms with Crippen LogP contribution in [-0.2, 0) is 16.1 Å². The number of allylic oxidation sites excluding steroid dienone is 1. The van der Waals surface area contributed by atoms with Gasteiger partial charge in [-0.25, -0.2) is 9.69 Å². The van der Waals surface area contributed by atoms with E-state index in [1.54, 1.807) is 6.08 Å². The van der Waals surface area contributed by atoms with Crippen molar-refractivity contribution in [3.8, 4) is 0 Å². The number of hydrogen-bond acceptors (Lipinski definition) is 4. The fraction of sp³-hybridized carbons (Fsp3) is 0.0476. The molecular formula is C21H16N4O3. The molecule has 0 atom stereocenters. The van der Waals surface area contributed by atoms with Crippen molar-refractivity contribution >= 4 is 40.5 Å². The maximum Gasteiger partial charge on any atom is 0.335 e.